The molecule has 90 heavy (non-hydrogen) atoms. The van der Waals surface area contributed by atoms with Gasteiger partial charge in [-0.2, -0.15) is 0 Å². The number of rotatable bonds is 24. The highest BCUT2D eigenvalue weighted by Crippen LogP contribution is 2.15. The van der Waals surface area contributed by atoms with Crippen LogP contribution in [0.4, 0.5) is 0 Å². The summed E-state index contributed by atoms with van der Waals surface area (Å²) in [6.45, 7) is 23.6. The summed E-state index contributed by atoms with van der Waals surface area (Å²) in [7, 11) is 0. The Bertz CT molecular complexity index is 2540. The minimum Gasteiger partial charge on any atom is -0.478 e. The second kappa shape index (κ2) is 47.1. The first-order valence-electron chi connectivity index (χ1n) is 29.9. The van der Waals surface area contributed by atoms with Crippen molar-refractivity contribution < 1.29 is 106 Å². The number of ether oxygens (including phenoxy) is 6. The quantitative estimate of drug-likeness (QED) is 0.0784. The van der Waals surface area contributed by atoms with E-state index in [1.165, 1.54) is 4.90 Å². The Morgan fingerprint density at radius 2 is 0.611 bits per heavy atom. The molecule has 0 saturated carbocycles. The van der Waals surface area contributed by atoms with Gasteiger partial charge in [-0.25, -0.2) is 38.4 Å². The fourth-order valence-electron chi connectivity index (χ4n) is 8.48. The summed E-state index contributed by atoms with van der Waals surface area (Å²) in [5.74, 6) is -4.99. The summed E-state index contributed by atoms with van der Waals surface area (Å²) < 4.78 is 28.9. The van der Waals surface area contributed by atoms with Gasteiger partial charge in [0.1, 0.15) is 26.4 Å². The van der Waals surface area contributed by atoms with Crippen molar-refractivity contribution in [1.29, 1.82) is 0 Å². The zero-order valence-corrected chi connectivity index (χ0v) is 52.1. The van der Waals surface area contributed by atoms with Gasteiger partial charge in [-0.1, -0.05) is 45.6 Å². The Labute approximate surface area is 525 Å². The molecule has 6 aliphatic heterocycles. The Morgan fingerprint density at radius 1 is 0.356 bits per heavy atom. The molecule has 6 amide bonds. The smallest absolute Gasteiger partial charge is 0.333 e. The molecule has 6 fully saturated rings. The van der Waals surface area contributed by atoms with E-state index in [9.17, 15) is 67.1 Å². The number of likely N-dealkylation sites (tertiary alicyclic amines) is 6. The minimum atomic E-state index is -1.20. The van der Waals surface area contributed by atoms with Crippen molar-refractivity contribution in [2.45, 2.75) is 129 Å². The Balaban J connectivity index is 0.000000542. The summed E-state index contributed by atoms with van der Waals surface area (Å²) in [6, 6.07) is 0. The topological polar surface area (TPSA) is 354 Å². The summed E-state index contributed by atoms with van der Waals surface area (Å²) in [5.41, 5.74) is 0.778. The molecule has 0 unspecified atom stereocenters. The molecule has 0 aromatic carbocycles. The van der Waals surface area contributed by atoms with Gasteiger partial charge in [0, 0.05) is 125 Å². The van der Waals surface area contributed by atoms with Gasteiger partial charge in [0.2, 0.25) is 35.4 Å². The highest BCUT2D eigenvalue weighted by atomic mass is 16.6. The number of amides is 6. The van der Waals surface area contributed by atoms with E-state index in [4.69, 9.17) is 38.6 Å². The average molecular weight is 1270 g/mol. The zero-order chi connectivity index (χ0) is 67.2. The van der Waals surface area contributed by atoms with Crippen molar-refractivity contribution in [3.05, 3.63) is 73.9 Å². The molecule has 0 bridgehead atoms. The molecule has 28 nitrogen and oxygen atoms in total. The van der Waals surface area contributed by atoms with Crippen LogP contribution in [-0.2, 0) is 95.5 Å². The van der Waals surface area contributed by atoms with Crippen molar-refractivity contribution in [2.24, 2.45) is 0 Å². The van der Waals surface area contributed by atoms with E-state index in [0.717, 1.165) is 121 Å². The lowest BCUT2D eigenvalue weighted by Crippen LogP contribution is -2.33. The van der Waals surface area contributed by atoms with Crippen LogP contribution in [0.2, 0.25) is 0 Å². The second-order valence-electron chi connectivity index (χ2n) is 20.7. The van der Waals surface area contributed by atoms with Crippen molar-refractivity contribution in [1.82, 2.24) is 29.4 Å². The van der Waals surface area contributed by atoms with Gasteiger partial charge < -0.3 is 68.0 Å². The predicted octanol–water partition coefficient (Wildman–Crippen LogP) is 3.97. The van der Waals surface area contributed by atoms with E-state index in [1.54, 1.807) is 38.3 Å². The number of esters is 6. The van der Waals surface area contributed by atoms with Crippen molar-refractivity contribution in [3.8, 4) is 0 Å². The van der Waals surface area contributed by atoms with E-state index in [2.05, 4.69) is 26.3 Å². The van der Waals surface area contributed by atoms with Gasteiger partial charge in [-0.05, 0) is 71.6 Å². The largest absolute Gasteiger partial charge is 0.478 e. The molecular formula is C62H90N6O22. The lowest BCUT2D eigenvalue weighted by Gasteiger charge is -2.20. The third kappa shape index (κ3) is 37.7. The molecule has 0 atom stereocenters. The van der Waals surface area contributed by atoms with Crippen LogP contribution in [0, 0.1) is 0 Å². The van der Waals surface area contributed by atoms with Crippen LogP contribution < -0.4 is 0 Å². The third-order valence-corrected chi connectivity index (χ3v) is 13.4. The van der Waals surface area contributed by atoms with Gasteiger partial charge in [-0.15, -0.1) is 0 Å². The maximum Gasteiger partial charge on any atom is 0.333 e. The molecule has 0 aromatic heterocycles. The maximum atomic E-state index is 11.6. The summed E-state index contributed by atoms with van der Waals surface area (Å²) in [4.78, 5) is 163. The monoisotopic (exact) mass is 1270 g/mol. The third-order valence-electron chi connectivity index (χ3n) is 13.4. The molecule has 6 saturated heterocycles. The van der Waals surface area contributed by atoms with Crippen LogP contribution in [0.5, 0.6) is 0 Å². The molecule has 0 aromatic rings. The first kappa shape index (κ1) is 79.0. The van der Waals surface area contributed by atoms with E-state index in [0.29, 0.717) is 108 Å². The number of carboxylic acid groups (broad SMARTS) is 2. The van der Waals surface area contributed by atoms with E-state index in [-0.39, 0.29) is 81.3 Å². The lowest BCUT2D eigenvalue weighted by atomic mass is 10.2. The van der Waals surface area contributed by atoms with Gasteiger partial charge >= 0.3 is 47.8 Å². The molecule has 28 heteroatoms. The highest BCUT2D eigenvalue weighted by Gasteiger charge is 2.23. The van der Waals surface area contributed by atoms with E-state index in [1.807, 2.05) is 0 Å². The van der Waals surface area contributed by atoms with E-state index >= 15 is 0 Å². The molecule has 6 aliphatic rings. The standard InChI is InChI=1S/C12H17NO5.C12H19NO3.C10H13NO5.2C10H15NO3.C8H11NO3/c14-10-4-2-1-3-7-13(10)8-9-18-12(17)6-5-11(15)16;1-10(2)12(15)16-9-8-13-7-5-3-4-6-11(13)14;12-8-2-1-5-11(8)6-7-16-10(15)4-3-9(13)14;1-8(2)10(13)14-7-6-11-5-3-4-9(11)12;1-2-10(13)14-8-11-7-5-3-4-6-9(11)12;1-2-8(11)12-6-9-5-3-4-7(9)10/h5-6H,1-4,7-9H2,(H,15,16);1,3-9H2,2H3;3-4H,1-2,5-7H2,(H,13,14);1,3-7H2,2H3;2H,1,3-8H2;2H,1,3-6H2. The summed E-state index contributed by atoms with van der Waals surface area (Å²) in [6.07, 6.45) is 20.4. The molecule has 500 valence electrons. The number of carbonyl (C=O) groups excluding carboxylic acids is 12. The number of hydrogen-bond acceptors (Lipinski definition) is 20. The number of nitrogens with zero attached hydrogens (tertiary/aromatic N) is 6. The second-order valence-corrected chi connectivity index (χ2v) is 20.7. The van der Waals surface area contributed by atoms with Crippen LogP contribution in [-0.4, -0.2) is 228 Å². The van der Waals surface area contributed by atoms with Gasteiger partial charge in [0.25, 0.3) is 0 Å². The van der Waals surface area contributed by atoms with Crippen LogP contribution in [0.25, 0.3) is 0 Å². The Morgan fingerprint density at radius 3 is 0.878 bits per heavy atom. The molecule has 0 spiro atoms. The van der Waals surface area contributed by atoms with Crippen molar-refractivity contribution >= 4 is 83.2 Å². The fraction of sp³-hybridized carbons (Fsp3) is 0.581. The van der Waals surface area contributed by atoms with Gasteiger partial charge in [0.15, 0.2) is 13.5 Å². The molecule has 0 aliphatic carbocycles. The van der Waals surface area contributed by atoms with Crippen molar-refractivity contribution in [3.63, 3.8) is 0 Å². The Hall–Kier alpha value is -8.98. The number of aliphatic carboxylic acids is 2. The van der Waals surface area contributed by atoms with Crippen LogP contribution in [0.1, 0.15) is 129 Å². The number of carbonyl (C=O) groups is 14. The zero-order valence-electron chi connectivity index (χ0n) is 52.1. The first-order chi connectivity index (χ1) is 42.9. The van der Waals surface area contributed by atoms with Crippen molar-refractivity contribution in [2.75, 3.05) is 105 Å². The van der Waals surface area contributed by atoms with Crippen LogP contribution in [0.3, 0.4) is 0 Å². The summed E-state index contributed by atoms with van der Waals surface area (Å²) in [5, 5.41) is 16.6. The maximum absolute atomic E-state index is 11.6. The number of hydrogen-bond donors (Lipinski definition) is 2. The Kier molecular flexibility index (Phi) is 41.3. The van der Waals surface area contributed by atoms with E-state index < -0.39 is 41.8 Å². The number of carboxylic acids is 2. The molecule has 2 N–H and O–H groups in total. The van der Waals surface area contributed by atoms with Gasteiger partial charge in [-0.3, -0.25) is 28.8 Å². The molecule has 0 radical (unpaired) electrons. The van der Waals surface area contributed by atoms with Crippen LogP contribution >= 0.6 is 0 Å². The predicted molar refractivity (Wildman–Crippen MR) is 322 cm³/mol. The first-order valence-corrected chi connectivity index (χ1v) is 29.9. The fourth-order valence-corrected chi connectivity index (χ4v) is 8.48. The lowest BCUT2D eigenvalue weighted by molar-refractivity contribution is -0.149. The van der Waals surface area contributed by atoms with Crippen LogP contribution in [0.15, 0.2) is 73.9 Å². The molecular weight excluding hydrogens is 1180 g/mol. The van der Waals surface area contributed by atoms with Gasteiger partial charge in [0.05, 0.1) is 26.2 Å². The SMILES string of the molecule is C=C(C)C(=O)OCCN1CCCC1=O.C=C(C)C(=O)OCCN1CCCCCC1=O.C=CC(=O)OCN1CCCC1=O.C=CC(=O)OCN1CCCCCC1=O.O=C(O)C=CC(=O)OCCN1CCCC1=O.O=C(O)C=CC(=O)OCCN1CCCCCC1=O. The average Bonchev–Trinajstić information content (AvgIpc) is 4.28. The molecule has 6 heterocycles. The molecule has 6 rings (SSSR count). The minimum absolute atomic E-state index is 0.0480. The highest BCUT2D eigenvalue weighted by molar-refractivity contribution is 5.92. The normalized spacial score (nSPS) is 16.5. The summed E-state index contributed by atoms with van der Waals surface area (Å²) >= 11 is 0.